The summed E-state index contributed by atoms with van der Waals surface area (Å²) in [6, 6.07) is 16.5. The summed E-state index contributed by atoms with van der Waals surface area (Å²) in [5.41, 5.74) is 4.40. The molecule has 2 aromatic carbocycles. The number of amides is 1. The Kier molecular flexibility index (Phi) is 7.26. The highest BCUT2D eigenvalue weighted by atomic mass is 16.1. The second kappa shape index (κ2) is 9.42. The first-order valence-electron chi connectivity index (χ1n) is 9.69. The SMILES string of the molecule is CCN(CC)c1ccc(NC(=O)[C@H](C)c2ccc(CC(C)C)cc2)cc1. The number of anilines is 2. The molecule has 2 rings (SSSR count). The highest BCUT2D eigenvalue weighted by molar-refractivity contribution is 5.95. The van der Waals surface area contributed by atoms with Gasteiger partial charge in [-0.25, -0.2) is 0 Å². The Bertz CT molecular complexity index is 685. The molecule has 1 amide bonds. The van der Waals surface area contributed by atoms with E-state index in [9.17, 15) is 4.79 Å². The Morgan fingerprint density at radius 1 is 0.923 bits per heavy atom. The van der Waals surface area contributed by atoms with Crippen LogP contribution < -0.4 is 10.2 Å². The maximum atomic E-state index is 12.6. The van der Waals surface area contributed by atoms with E-state index in [-0.39, 0.29) is 11.8 Å². The first-order chi connectivity index (χ1) is 12.4. The van der Waals surface area contributed by atoms with Crippen molar-refractivity contribution in [3.63, 3.8) is 0 Å². The number of hydrogen-bond donors (Lipinski definition) is 1. The Balaban J connectivity index is 2.00. The van der Waals surface area contributed by atoms with E-state index in [0.717, 1.165) is 30.8 Å². The van der Waals surface area contributed by atoms with Crippen LogP contribution in [0.25, 0.3) is 0 Å². The van der Waals surface area contributed by atoms with E-state index in [2.05, 4.69) is 74.3 Å². The van der Waals surface area contributed by atoms with Crippen molar-refractivity contribution in [1.29, 1.82) is 0 Å². The lowest BCUT2D eigenvalue weighted by Gasteiger charge is -2.21. The topological polar surface area (TPSA) is 32.3 Å². The quantitative estimate of drug-likeness (QED) is 0.683. The van der Waals surface area contributed by atoms with Crippen LogP contribution in [0.2, 0.25) is 0 Å². The highest BCUT2D eigenvalue weighted by Crippen LogP contribution is 2.22. The second-order valence-electron chi connectivity index (χ2n) is 7.27. The van der Waals surface area contributed by atoms with Gasteiger partial charge in [0.15, 0.2) is 0 Å². The largest absolute Gasteiger partial charge is 0.372 e. The van der Waals surface area contributed by atoms with E-state index < -0.39 is 0 Å². The zero-order valence-electron chi connectivity index (χ0n) is 16.8. The zero-order valence-corrected chi connectivity index (χ0v) is 16.8. The molecule has 2 aromatic rings. The molecule has 0 aliphatic rings. The molecule has 1 N–H and O–H groups in total. The molecule has 0 spiro atoms. The molecule has 0 saturated carbocycles. The Morgan fingerprint density at radius 3 is 2.00 bits per heavy atom. The van der Waals surface area contributed by atoms with E-state index in [1.54, 1.807) is 0 Å². The molecular weight excluding hydrogens is 320 g/mol. The van der Waals surface area contributed by atoms with Gasteiger partial charge in [0.05, 0.1) is 5.92 Å². The monoisotopic (exact) mass is 352 g/mol. The summed E-state index contributed by atoms with van der Waals surface area (Å²) in [6.45, 7) is 12.6. The van der Waals surface area contributed by atoms with Crippen LogP contribution in [0.15, 0.2) is 48.5 Å². The molecule has 0 saturated heterocycles. The second-order valence-corrected chi connectivity index (χ2v) is 7.27. The molecule has 0 bridgehead atoms. The van der Waals surface area contributed by atoms with Gasteiger partial charge >= 0.3 is 0 Å². The highest BCUT2D eigenvalue weighted by Gasteiger charge is 2.15. The molecule has 0 aromatic heterocycles. The number of benzene rings is 2. The van der Waals surface area contributed by atoms with Crippen LogP contribution >= 0.6 is 0 Å². The molecule has 0 aliphatic carbocycles. The lowest BCUT2D eigenvalue weighted by molar-refractivity contribution is -0.117. The smallest absolute Gasteiger partial charge is 0.231 e. The maximum Gasteiger partial charge on any atom is 0.231 e. The van der Waals surface area contributed by atoms with Gasteiger partial charge in [0.2, 0.25) is 5.91 Å². The minimum atomic E-state index is -0.175. The standard InChI is InChI=1S/C23H32N2O/c1-6-25(7-2)22-14-12-21(13-15-22)24-23(26)18(5)20-10-8-19(9-11-20)16-17(3)4/h8-15,17-18H,6-7,16H2,1-5H3,(H,24,26)/t18-/m1/s1. The average molecular weight is 353 g/mol. The van der Waals surface area contributed by atoms with Gasteiger partial charge in [0.1, 0.15) is 0 Å². The number of rotatable bonds is 8. The lowest BCUT2D eigenvalue weighted by Crippen LogP contribution is -2.22. The third kappa shape index (κ3) is 5.35. The van der Waals surface area contributed by atoms with E-state index in [4.69, 9.17) is 0 Å². The number of carbonyl (C=O) groups excluding carboxylic acids is 1. The Morgan fingerprint density at radius 2 is 1.50 bits per heavy atom. The molecule has 0 unspecified atom stereocenters. The number of carbonyl (C=O) groups is 1. The van der Waals surface area contributed by atoms with Crippen molar-refractivity contribution >= 4 is 17.3 Å². The van der Waals surface area contributed by atoms with Crippen LogP contribution in [0, 0.1) is 5.92 Å². The van der Waals surface area contributed by atoms with Gasteiger partial charge in [-0.2, -0.15) is 0 Å². The van der Waals surface area contributed by atoms with Crippen LogP contribution in [0.5, 0.6) is 0 Å². The summed E-state index contributed by atoms with van der Waals surface area (Å²) in [4.78, 5) is 14.9. The maximum absolute atomic E-state index is 12.6. The van der Waals surface area contributed by atoms with Gasteiger partial charge in [-0.15, -0.1) is 0 Å². The fourth-order valence-corrected chi connectivity index (χ4v) is 3.16. The fourth-order valence-electron chi connectivity index (χ4n) is 3.16. The van der Waals surface area contributed by atoms with E-state index in [0.29, 0.717) is 5.92 Å². The summed E-state index contributed by atoms with van der Waals surface area (Å²) in [5.74, 6) is 0.489. The average Bonchev–Trinajstić information content (AvgIpc) is 2.63. The van der Waals surface area contributed by atoms with Crippen molar-refractivity contribution in [3.8, 4) is 0 Å². The van der Waals surface area contributed by atoms with Crippen molar-refractivity contribution in [2.75, 3.05) is 23.3 Å². The first kappa shape index (κ1) is 20.0. The summed E-state index contributed by atoms with van der Waals surface area (Å²) in [7, 11) is 0. The molecule has 140 valence electrons. The Hall–Kier alpha value is -2.29. The molecule has 1 atom stereocenters. The van der Waals surface area contributed by atoms with Crippen molar-refractivity contribution in [2.45, 2.75) is 47.0 Å². The first-order valence-corrected chi connectivity index (χ1v) is 9.69. The number of hydrogen-bond acceptors (Lipinski definition) is 2. The Labute approximate surface area is 158 Å². The minimum Gasteiger partial charge on any atom is -0.372 e. The van der Waals surface area contributed by atoms with Crippen molar-refractivity contribution in [2.24, 2.45) is 5.92 Å². The zero-order chi connectivity index (χ0) is 19.1. The molecule has 26 heavy (non-hydrogen) atoms. The fraction of sp³-hybridized carbons (Fsp3) is 0.435. The molecule has 0 radical (unpaired) electrons. The molecule has 3 nitrogen and oxygen atoms in total. The molecule has 0 heterocycles. The van der Waals surface area contributed by atoms with E-state index in [1.807, 2.05) is 19.1 Å². The van der Waals surface area contributed by atoms with Gasteiger partial charge < -0.3 is 10.2 Å². The predicted molar refractivity (Wildman–Crippen MR) is 112 cm³/mol. The van der Waals surface area contributed by atoms with E-state index in [1.165, 1.54) is 11.3 Å². The van der Waals surface area contributed by atoms with Crippen molar-refractivity contribution in [3.05, 3.63) is 59.7 Å². The van der Waals surface area contributed by atoms with Crippen LogP contribution in [-0.2, 0) is 11.2 Å². The third-order valence-electron chi connectivity index (χ3n) is 4.78. The molecule has 0 fully saturated rings. The summed E-state index contributed by atoms with van der Waals surface area (Å²) in [6.07, 6.45) is 1.07. The number of nitrogens with zero attached hydrogens (tertiary/aromatic N) is 1. The molecular formula is C23H32N2O. The van der Waals surface area contributed by atoms with Crippen molar-refractivity contribution < 1.29 is 4.79 Å². The van der Waals surface area contributed by atoms with Gasteiger partial charge in [-0.3, -0.25) is 4.79 Å². The number of nitrogens with one attached hydrogen (secondary N) is 1. The van der Waals surface area contributed by atoms with Gasteiger partial charge in [0, 0.05) is 24.5 Å². The van der Waals surface area contributed by atoms with Gasteiger partial charge in [0.25, 0.3) is 0 Å². The van der Waals surface area contributed by atoms with Crippen molar-refractivity contribution in [1.82, 2.24) is 0 Å². The van der Waals surface area contributed by atoms with Crippen LogP contribution in [-0.4, -0.2) is 19.0 Å². The predicted octanol–water partition coefficient (Wildman–Crippen LogP) is 5.47. The summed E-state index contributed by atoms with van der Waals surface area (Å²) in [5, 5.41) is 3.03. The molecule has 0 aliphatic heterocycles. The third-order valence-corrected chi connectivity index (χ3v) is 4.78. The lowest BCUT2D eigenvalue weighted by atomic mass is 9.96. The van der Waals surface area contributed by atoms with Crippen LogP contribution in [0.4, 0.5) is 11.4 Å². The minimum absolute atomic E-state index is 0.0252. The van der Waals surface area contributed by atoms with E-state index >= 15 is 0 Å². The summed E-state index contributed by atoms with van der Waals surface area (Å²) < 4.78 is 0. The van der Waals surface area contributed by atoms with Gasteiger partial charge in [-0.1, -0.05) is 38.1 Å². The molecule has 3 heteroatoms. The normalized spacial score (nSPS) is 12.1. The van der Waals surface area contributed by atoms with Gasteiger partial charge in [-0.05, 0) is 68.5 Å². The van der Waals surface area contributed by atoms with Crippen LogP contribution in [0.1, 0.15) is 51.7 Å². The summed E-state index contributed by atoms with van der Waals surface area (Å²) >= 11 is 0. The van der Waals surface area contributed by atoms with Crippen LogP contribution in [0.3, 0.4) is 0 Å².